The number of hydrogen-bond acceptors (Lipinski definition) is 5. The maximum absolute atomic E-state index is 11.4. The van der Waals surface area contributed by atoms with E-state index in [1.807, 2.05) is 35.0 Å². The zero-order chi connectivity index (χ0) is 19.7. The molecule has 2 heterocycles. The van der Waals surface area contributed by atoms with Crippen molar-refractivity contribution in [3.05, 3.63) is 72.6 Å². The molecule has 8 heteroatoms. The molecule has 4 rings (SSSR count). The molecule has 0 fully saturated rings. The summed E-state index contributed by atoms with van der Waals surface area (Å²) in [4.78, 5) is 4.49. The molecule has 0 radical (unpaired) electrons. The van der Waals surface area contributed by atoms with Crippen LogP contribution in [-0.4, -0.2) is 30.3 Å². The molecule has 0 amide bonds. The van der Waals surface area contributed by atoms with Gasteiger partial charge in [-0.1, -0.05) is 42.5 Å². The van der Waals surface area contributed by atoms with Gasteiger partial charge < -0.3 is 4.74 Å². The fourth-order valence-corrected chi connectivity index (χ4v) is 3.67. The summed E-state index contributed by atoms with van der Waals surface area (Å²) in [6, 6.07) is 16.3. The fraction of sp³-hybridized carbons (Fsp3) is 0.100. The Bertz CT molecular complexity index is 1230. The van der Waals surface area contributed by atoms with Crippen molar-refractivity contribution in [3.8, 4) is 17.0 Å². The van der Waals surface area contributed by atoms with Crippen molar-refractivity contribution in [1.29, 1.82) is 0 Å². The summed E-state index contributed by atoms with van der Waals surface area (Å²) in [6.07, 6.45) is 3.49. The number of methoxy groups -OCH3 is 1. The van der Waals surface area contributed by atoms with E-state index < -0.39 is 10.0 Å². The number of fused-ring (bicyclic) bond motifs is 1. The lowest BCUT2D eigenvalue weighted by atomic mass is 10.0. The van der Waals surface area contributed by atoms with E-state index in [4.69, 9.17) is 9.88 Å². The normalized spacial score (nSPS) is 11.6. The molecule has 0 unspecified atom stereocenters. The van der Waals surface area contributed by atoms with Gasteiger partial charge >= 0.3 is 0 Å². The van der Waals surface area contributed by atoms with Crippen molar-refractivity contribution in [3.63, 3.8) is 0 Å². The van der Waals surface area contributed by atoms with Crippen LogP contribution in [0.4, 0.5) is 0 Å². The van der Waals surface area contributed by atoms with Gasteiger partial charge in [0.1, 0.15) is 0 Å². The van der Waals surface area contributed by atoms with Gasteiger partial charge in [0.05, 0.1) is 35.8 Å². The Hall–Kier alpha value is -3.23. The zero-order valence-corrected chi connectivity index (χ0v) is 15.9. The molecule has 2 aromatic heterocycles. The molecule has 142 valence electrons. The molecule has 0 spiro atoms. The summed E-state index contributed by atoms with van der Waals surface area (Å²) < 4.78 is 30.3. The standard InChI is InChI=1S/C20H18N4O3S/c1-27-20-18(15-5-3-2-4-6-15)19-16(11-22-20)12-23-24(19)13-14-7-9-17(10-8-14)28(21,25)26/h2-12H,13H2,1H3,(H2,21,25,26). The molecule has 0 bridgehead atoms. The van der Waals surface area contributed by atoms with Gasteiger partial charge in [0.15, 0.2) is 0 Å². The molecular weight excluding hydrogens is 376 g/mol. The topological polar surface area (TPSA) is 100 Å². The van der Waals surface area contributed by atoms with Crippen LogP contribution in [0.25, 0.3) is 22.0 Å². The number of benzene rings is 2. The van der Waals surface area contributed by atoms with E-state index >= 15 is 0 Å². The number of rotatable bonds is 5. The summed E-state index contributed by atoms with van der Waals surface area (Å²) in [6.45, 7) is 0.460. The molecule has 0 aliphatic carbocycles. The molecule has 28 heavy (non-hydrogen) atoms. The van der Waals surface area contributed by atoms with Crippen molar-refractivity contribution < 1.29 is 13.2 Å². The highest BCUT2D eigenvalue weighted by Gasteiger charge is 2.17. The van der Waals surface area contributed by atoms with Crippen molar-refractivity contribution in [2.75, 3.05) is 7.11 Å². The van der Waals surface area contributed by atoms with Crippen molar-refractivity contribution in [2.24, 2.45) is 5.14 Å². The van der Waals surface area contributed by atoms with Crippen LogP contribution in [0.2, 0.25) is 0 Å². The third-order valence-electron chi connectivity index (χ3n) is 4.48. The first-order valence-corrected chi connectivity index (χ1v) is 10.1. The second-order valence-electron chi connectivity index (χ2n) is 6.30. The van der Waals surface area contributed by atoms with Crippen LogP contribution in [0.3, 0.4) is 0 Å². The van der Waals surface area contributed by atoms with Crippen LogP contribution >= 0.6 is 0 Å². The molecule has 4 aromatic rings. The lowest BCUT2D eigenvalue weighted by molar-refractivity contribution is 0.400. The van der Waals surface area contributed by atoms with Gasteiger partial charge in [0.25, 0.3) is 0 Å². The maximum atomic E-state index is 11.4. The van der Waals surface area contributed by atoms with Crippen LogP contribution in [0.15, 0.2) is 71.9 Å². The highest BCUT2D eigenvalue weighted by Crippen LogP contribution is 2.35. The van der Waals surface area contributed by atoms with Crippen LogP contribution < -0.4 is 9.88 Å². The minimum Gasteiger partial charge on any atom is -0.480 e. The number of aromatic nitrogens is 3. The number of pyridine rings is 1. The van der Waals surface area contributed by atoms with Crippen LogP contribution in [0.5, 0.6) is 5.88 Å². The number of ether oxygens (including phenoxy) is 1. The Morgan fingerprint density at radius 2 is 1.75 bits per heavy atom. The molecule has 2 N–H and O–H groups in total. The van der Waals surface area contributed by atoms with Gasteiger partial charge in [-0.3, -0.25) is 4.68 Å². The zero-order valence-electron chi connectivity index (χ0n) is 15.1. The summed E-state index contributed by atoms with van der Waals surface area (Å²) in [7, 11) is -2.12. The molecule has 0 saturated heterocycles. The smallest absolute Gasteiger partial charge is 0.238 e. The molecule has 0 aliphatic heterocycles. The Morgan fingerprint density at radius 1 is 1.04 bits per heavy atom. The highest BCUT2D eigenvalue weighted by molar-refractivity contribution is 7.89. The van der Waals surface area contributed by atoms with Crippen molar-refractivity contribution in [2.45, 2.75) is 11.4 Å². The van der Waals surface area contributed by atoms with E-state index in [0.717, 1.165) is 27.6 Å². The Balaban J connectivity index is 1.82. The van der Waals surface area contributed by atoms with Crippen molar-refractivity contribution in [1.82, 2.24) is 14.8 Å². The SMILES string of the molecule is COc1ncc2cnn(Cc3ccc(S(N)(=O)=O)cc3)c2c1-c1ccccc1. The van der Waals surface area contributed by atoms with Gasteiger partial charge in [0.2, 0.25) is 15.9 Å². The molecule has 7 nitrogen and oxygen atoms in total. The predicted octanol–water partition coefficient (Wildman–Crippen LogP) is 2.80. The highest BCUT2D eigenvalue weighted by atomic mass is 32.2. The van der Waals surface area contributed by atoms with E-state index in [1.165, 1.54) is 12.1 Å². The van der Waals surface area contributed by atoms with E-state index in [1.54, 1.807) is 31.6 Å². The summed E-state index contributed by atoms with van der Waals surface area (Å²) in [5.74, 6) is 0.519. The van der Waals surface area contributed by atoms with Gasteiger partial charge in [0, 0.05) is 11.6 Å². The minimum absolute atomic E-state index is 0.0809. The second kappa shape index (κ2) is 7.06. The summed E-state index contributed by atoms with van der Waals surface area (Å²) >= 11 is 0. The number of nitrogens with two attached hydrogens (primary N) is 1. The van der Waals surface area contributed by atoms with Gasteiger partial charge in [-0.05, 0) is 23.3 Å². The monoisotopic (exact) mass is 394 g/mol. The first-order chi connectivity index (χ1) is 13.5. The molecule has 2 aromatic carbocycles. The Morgan fingerprint density at radius 3 is 2.39 bits per heavy atom. The summed E-state index contributed by atoms with van der Waals surface area (Å²) in [5.41, 5.74) is 3.63. The Labute approximate surface area is 162 Å². The number of hydrogen-bond donors (Lipinski definition) is 1. The number of nitrogens with zero attached hydrogens (tertiary/aromatic N) is 3. The van der Waals surface area contributed by atoms with E-state index in [-0.39, 0.29) is 4.90 Å². The Kier molecular flexibility index (Phi) is 4.58. The first kappa shape index (κ1) is 18.1. The molecule has 0 saturated carbocycles. The van der Waals surface area contributed by atoms with Crippen LogP contribution in [0.1, 0.15) is 5.56 Å². The number of sulfonamides is 1. The first-order valence-electron chi connectivity index (χ1n) is 8.53. The number of primary sulfonamides is 1. The lowest BCUT2D eigenvalue weighted by Crippen LogP contribution is -2.12. The largest absolute Gasteiger partial charge is 0.480 e. The van der Waals surface area contributed by atoms with E-state index in [9.17, 15) is 8.42 Å². The fourth-order valence-electron chi connectivity index (χ4n) is 3.16. The maximum Gasteiger partial charge on any atom is 0.238 e. The summed E-state index contributed by atoms with van der Waals surface area (Å²) in [5, 5.41) is 10.6. The lowest BCUT2D eigenvalue weighted by Gasteiger charge is -2.12. The third kappa shape index (κ3) is 3.35. The molecule has 0 aliphatic rings. The molecular formula is C20H18N4O3S. The van der Waals surface area contributed by atoms with Crippen molar-refractivity contribution >= 4 is 20.9 Å². The second-order valence-corrected chi connectivity index (χ2v) is 7.87. The van der Waals surface area contributed by atoms with Gasteiger partial charge in [-0.2, -0.15) is 5.10 Å². The minimum atomic E-state index is -3.72. The average Bonchev–Trinajstić information content (AvgIpc) is 3.10. The third-order valence-corrected chi connectivity index (χ3v) is 5.41. The molecule has 0 atom stereocenters. The van der Waals surface area contributed by atoms with Crippen LogP contribution in [-0.2, 0) is 16.6 Å². The van der Waals surface area contributed by atoms with Gasteiger partial charge in [-0.15, -0.1) is 0 Å². The quantitative estimate of drug-likeness (QED) is 0.561. The van der Waals surface area contributed by atoms with Gasteiger partial charge in [-0.25, -0.2) is 18.5 Å². The predicted molar refractivity (Wildman–Crippen MR) is 106 cm³/mol. The van der Waals surface area contributed by atoms with Crippen LogP contribution in [0, 0.1) is 0 Å². The van der Waals surface area contributed by atoms with E-state index in [0.29, 0.717) is 12.4 Å². The van der Waals surface area contributed by atoms with E-state index in [2.05, 4.69) is 10.1 Å². The average molecular weight is 394 g/mol.